The summed E-state index contributed by atoms with van der Waals surface area (Å²) in [6.07, 6.45) is 3.43. The average molecular weight is 270 g/mol. The van der Waals surface area contributed by atoms with Crippen LogP contribution in [0.25, 0.3) is 5.95 Å². The van der Waals surface area contributed by atoms with Crippen LogP contribution in [0.5, 0.6) is 0 Å². The van der Waals surface area contributed by atoms with Crippen LogP contribution in [-0.2, 0) is 0 Å². The van der Waals surface area contributed by atoms with Gasteiger partial charge in [0.05, 0.1) is 0 Å². The maximum atomic E-state index is 5.87. The summed E-state index contributed by atoms with van der Waals surface area (Å²) in [5.41, 5.74) is 0. The van der Waals surface area contributed by atoms with Gasteiger partial charge in [-0.3, -0.25) is 0 Å². The monoisotopic (exact) mass is 269 g/mol. The minimum absolute atomic E-state index is 0.191. The first kappa shape index (κ1) is 12.3. The lowest BCUT2D eigenvalue weighted by molar-refractivity contribution is 0.738. The molecule has 0 radical (unpaired) electrons. The van der Waals surface area contributed by atoms with Gasteiger partial charge in [-0.15, -0.1) is 0 Å². The quantitative estimate of drug-likeness (QED) is 0.798. The van der Waals surface area contributed by atoms with Crippen LogP contribution in [0, 0.1) is 5.92 Å². The van der Waals surface area contributed by atoms with Gasteiger partial charge in [-0.1, -0.05) is 25.6 Å². The van der Waals surface area contributed by atoms with E-state index in [9.17, 15) is 0 Å². The molecular formula is C10H12ClN5S. The van der Waals surface area contributed by atoms with E-state index < -0.39 is 0 Å². The molecule has 7 heteroatoms. The highest BCUT2D eigenvalue weighted by Crippen LogP contribution is 2.18. The van der Waals surface area contributed by atoms with Gasteiger partial charge in [0.15, 0.2) is 5.16 Å². The van der Waals surface area contributed by atoms with Crippen LogP contribution in [0.3, 0.4) is 0 Å². The van der Waals surface area contributed by atoms with Crippen molar-refractivity contribution in [2.75, 3.05) is 5.75 Å². The summed E-state index contributed by atoms with van der Waals surface area (Å²) in [5, 5.41) is 4.88. The Hall–Kier alpha value is -1.14. The number of nitrogens with zero attached hydrogens (tertiary/aromatic N) is 5. The summed E-state index contributed by atoms with van der Waals surface area (Å²) in [5.74, 6) is 1.96. The van der Waals surface area contributed by atoms with Crippen molar-refractivity contribution >= 4 is 23.4 Å². The number of halogens is 1. The molecule has 0 saturated carbocycles. The van der Waals surface area contributed by atoms with Gasteiger partial charge < -0.3 is 0 Å². The summed E-state index contributed by atoms with van der Waals surface area (Å²) in [4.78, 5) is 12.4. The van der Waals surface area contributed by atoms with E-state index in [0.29, 0.717) is 17.0 Å². The van der Waals surface area contributed by atoms with Crippen molar-refractivity contribution in [3.05, 3.63) is 23.7 Å². The van der Waals surface area contributed by atoms with Gasteiger partial charge in [-0.05, 0) is 23.6 Å². The van der Waals surface area contributed by atoms with E-state index >= 15 is 0 Å². The zero-order valence-corrected chi connectivity index (χ0v) is 11.1. The molecule has 0 fully saturated rings. The van der Waals surface area contributed by atoms with Crippen LogP contribution in [0.15, 0.2) is 23.6 Å². The fourth-order valence-electron chi connectivity index (χ4n) is 1.12. The predicted molar refractivity (Wildman–Crippen MR) is 67.5 cm³/mol. The molecule has 0 aliphatic carbocycles. The van der Waals surface area contributed by atoms with E-state index in [1.807, 2.05) is 0 Å². The smallest absolute Gasteiger partial charge is 0.206 e. The Morgan fingerprint density at radius 2 is 2.18 bits per heavy atom. The van der Waals surface area contributed by atoms with Crippen molar-refractivity contribution < 1.29 is 0 Å². The maximum Gasteiger partial charge on any atom is 0.255 e. The highest BCUT2D eigenvalue weighted by molar-refractivity contribution is 7.99. The van der Waals surface area contributed by atoms with E-state index in [0.717, 1.165) is 5.75 Å². The molecule has 0 aliphatic rings. The second kappa shape index (κ2) is 5.46. The van der Waals surface area contributed by atoms with Gasteiger partial charge in [0, 0.05) is 18.1 Å². The van der Waals surface area contributed by atoms with Gasteiger partial charge in [0.25, 0.3) is 5.95 Å². The molecule has 0 N–H and O–H groups in total. The molecule has 2 aromatic rings. The Balaban J connectivity index is 2.24. The maximum absolute atomic E-state index is 5.87. The minimum Gasteiger partial charge on any atom is -0.206 e. The van der Waals surface area contributed by atoms with E-state index in [4.69, 9.17) is 11.6 Å². The Kier molecular flexibility index (Phi) is 3.96. The van der Waals surface area contributed by atoms with Crippen LogP contribution < -0.4 is 0 Å². The molecule has 0 unspecified atom stereocenters. The molecule has 2 rings (SSSR count). The molecule has 0 spiro atoms. The Bertz CT molecular complexity index is 485. The van der Waals surface area contributed by atoms with Crippen LogP contribution in [0.2, 0.25) is 5.28 Å². The average Bonchev–Trinajstić information content (AvgIpc) is 2.79. The molecule has 0 aliphatic heterocycles. The van der Waals surface area contributed by atoms with Crippen molar-refractivity contribution in [3.8, 4) is 5.95 Å². The fraction of sp³-hybridized carbons (Fsp3) is 0.400. The highest BCUT2D eigenvalue weighted by Gasteiger charge is 2.08. The van der Waals surface area contributed by atoms with Crippen LogP contribution in [-0.4, -0.2) is 30.5 Å². The summed E-state index contributed by atoms with van der Waals surface area (Å²) in [7, 11) is 0. The second-order valence-corrected chi connectivity index (χ2v) is 5.17. The van der Waals surface area contributed by atoms with E-state index in [1.54, 1.807) is 34.9 Å². The zero-order valence-electron chi connectivity index (χ0n) is 9.54. The Labute approximate surface area is 109 Å². The third-order valence-corrected chi connectivity index (χ3v) is 3.27. The van der Waals surface area contributed by atoms with Crippen LogP contribution in [0.1, 0.15) is 13.8 Å². The normalized spacial score (nSPS) is 11.1. The van der Waals surface area contributed by atoms with Gasteiger partial charge in [0.2, 0.25) is 5.28 Å². The topological polar surface area (TPSA) is 56.5 Å². The van der Waals surface area contributed by atoms with E-state index in [-0.39, 0.29) is 5.28 Å². The molecule has 0 bridgehead atoms. The fourth-order valence-corrected chi connectivity index (χ4v) is 2.10. The lowest BCUT2D eigenvalue weighted by Crippen LogP contribution is -2.05. The summed E-state index contributed by atoms with van der Waals surface area (Å²) >= 11 is 7.43. The largest absolute Gasteiger partial charge is 0.255 e. The van der Waals surface area contributed by atoms with Crippen LogP contribution >= 0.6 is 23.4 Å². The predicted octanol–water partition coefficient (Wildman–Crippen LogP) is 2.46. The third-order valence-electron chi connectivity index (χ3n) is 1.83. The molecule has 0 aromatic carbocycles. The molecule has 0 saturated heterocycles. The molecule has 2 aromatic heterocycles. The molecule has 90 valence electrons. The summed E-state index contributed by atoms with van der Waals surface area (Å²) in [6.45, 7) is 4.29. The lowest BCUT2D eigenvalue weighted by Gasteiger charge is -2.05. The number of hydrogen-bond acceptors (Lipinski definition) is 5. The molecule has 17 heavy (non-hydrogen) atoms. The van der Waals surface area contributed by atoms with E-state index in [2.05, 4.69) is 33.9 Å². The van der Waals surface area contributed by atoms with Crippen molar-refractivity contribution in [3.63, 3.8) is 0 Å². The SMILES string of the molecule is CC(C)CSc1nc(Cl)nc(-n2cccn2)n1. The van der Waals surface area contributed by atoms with Gasteiger partial charge in [-0.2, -0.15) is 20.1 Å². The zero-order chi connectivity index (χ0) is 12.3. The molecule has 2 heterocycles. The Morgan fingerprint density at radius 3 is 2.82 bits per heavy atom. The minimum atomic E-state index is 0.191. The lowest BCUT2D eigenvalue weighted by atomic mass is 10.3. The first-order valence-electron chi connectivity index (χ1n) is 5.19. The van der Waals surface area contributed by atoms with Crippen LogP contribution in [0.4, 0.5) is 0 Å². The van der Waals surface area contributed by atoms with Gasteiger partial charge in [-0.25, -0.2) is 4.68 Å². The van der Waals surface area contributed by atoms with E-state index in [1.165, 1.54) is 0 Å². The first-order valence-corrected chi connectivity index (χ1v) is 6.56. The van der Waals surface area contributed by atoms with Crippen molar-refractivity contribution in [1.29, 1.82) is 0 Å². The van der Waals surface area contributed by atoms with Gasteiger partial charge in [0.1, 0.15) is 0 Å². The number of thioether (sulfide) groups is 1. The molecule has 0 atom stereocenters. The molecular weight excluding hydrogens is 258 g/mol. The first-order chi connectivity index (χ1) is 8.15. The molecule has 0 amide bonds. The molecule has 5 nitrogen and oxygen atoms in total. The Morgan fingerprint density at radius 1 is 1.35 bits per heavy atom. The number of hydrogen-bond donors (Lipinski definition) is 0. The summed E-state index contributed by atoms with van der Waals surface area (Å²) < 4.78 is 1.56. The van der Waals surface area contributed by atoms with Gasteiger partial charge >= 0.3 is 0 Å². The van der Waals surface area contributed by atoms with Crippen molar-refractivity contribution in [1.82, 2.24) is 24.7 Å². The number of aromatic nitrogens is 5. The van der Waals surface area contributed by atoms with Crippen molar-refractivity contribution in [2.24, 2.45) is 5.92 Å². The summed E-state index contributed by atoms with van der Waals surface area (Å²) in [6, 6.07) is 1.80. The van der Waals surface area contributed by atoms with Crippen molar-refractivity contribution in [2.45, 2.75) is 19.0 Å². The standard InChI is InChI=1S/C10H12ClN5S/c1-7(2)6-17-10-14-8(11)13-9(15-10)16-5-3-4-12-16/h3-5,7H,6H2,1-2H3. The number of rotatable bonds is 4. The second-order valence-electron chi connectivity index (χ2n) is 3.84. The third kappa shape index (κ3) is 3.41. The highest BCUT2D eigenvalue weighted by atomic mass is 35.5.